The summed E-state index contributed by atoms with van der Waals surface area (Å²) in [6, 6.07) is 62.7. The molecule has 0 fully saturated rings. The molecule has 2 heteroatoms. The van der Waals surface area contributed by atoms with Crippen LogP contribution in [0.4, 0.5) is 17.1 Å². The minimum absolute atomic E-state index is 0.932. The van der Waals surface area contributed by atoms with Crippen LogP contribution in [0.5, 0.6) is 0 Å². The smallest absolute Gasteiger partial charge is 0.136 e. The van der Waals surface area contributed by atoms with Crippen LogP contribution in [0, 0.1) is 0 Å². The third-order valence-electron chi connectivity index (χ3n) is 9.03. The van der Waals surface area contributed by atoms with E-state index < -0.39 is 0 Å². The van der Waals surface area contributed by atoms with Gasteiger partial charge in [-0.2, -0.15) is 0 Å². The zero-order chi connectivity index (χ0) is 30.5. The highest BCUT2D eigenvalue weighted by Crippen LogP contribution is 2.41. The second-order valence-electron chi connectivity index (χ2n) is 11.8. The van der Waals surface area contributed by atoms with Gasteiger partial charge in [-0.3, -0.25) is 0 Å². The highest BCUT2D eigenvalue weighted by atomic mass is 16.3. The van der Waals surface area contributed by atoms with Gasteiger partial charge in [0, 0.05) is 27.8 Å². The van der Waals surface area contributed by atoms with Crippen molar-refractivity contribution in [2.24, 2.45) is 0 Å². The molecule has 0 spiro atoms. The Labute approximate surface area is 267 Å². The number of benzene rings is 8. The molecule has 0 atom stereocenters. The van der Waals surface area contributed by atoms with Crippen LogP contribution in [-0.2, 0) is 0 Å². The lowest BCUT2D eigenvalue weighted by molar-refractivity contribution is 0.669. The van der Waals surface area contributed by atoms with Gasteiger partial charge in [-0.25, -0.2) is 0 Å². The first-order valence-corrected chi connectivity index (χ1v) is 15.7. The maximum atomic E-state index is 6.33. The normalized spacial score (nSPS) is 11.5. The van der Waals surface area contributed by atoms with Crippen molar-refractivity contribution in [2.45, 2.75) is 0 Å². The van der Waals surface area contributed by atoms with Crippen molar-refractivity contribution in [1.29, 1.82) is 0 Å². The van der Waals surface area contributed by atoms with Gasteiger partial charge in [0.15, 0.2) is 0 Å². The minimum atomic E-state index is 0.932. The molecule has 8 aromatic carbocycles. The number of hydrogen-bond donors (Lipinski definition) is 0. The third-order valence-corrected chi connectivity index (χ3v) is 9.03. The van der Waals surface area contributed by atoms with Crippen molar-refractivity contribution in [3.05, 3.63) is 176 Å². The van der Waals surface area contributed by atoms with E-state index in [-0.39, 0.29) is 0 Å². The molecule has 0 aliphatic rings. The Kier molecular flexibility index (Phi) is 6.17. The molecule has 9 aromatic rings. The van der Waals surface area contributed by atoms with E-state index in [1.807, 2.05) is 0 Å². The Morgan fingerprint density at radius 3 is 1.30 bits per heavy atom. The van der Waals surface area contributed by atoms with E-state index in [0.717, 1.165) is 39.4 Å². The molecule has 0 saturated heterocycles. The van der Waals surface area contributed by atoms with Gasteiger partial charge in [-0.1, -0.05) is 121 Å². The summed E-state index contributed by atoms with van der Waals surface area (Å²) >= 11 is 0. The van der Waals surface area contributed by atoms with E-state index >= 15 is 0 Å². The molecular formula is C44H29NO. The van der Waals surface area contributed by atoms with E-state index in [0.29, 0.717) is 0 Å². The summed E-state index contributed by atoms with van der Waals surface area (Å²) in [7, 11) is 0. The lowest BCUT2D eigenvalue weighted by atomic mass is 9.97. The molecule has 0 N–H and O–H groups in total. The third kappa shape index (κ3) is 4.51. The van der Waals surface area contributed by atoms with Crippen molar-refractivity contribution in [3.63, 3.8) is 0 Å². The topological polar surface area (TPSA) is 16.4 Å². The first kappa shape index (κ1) is 26.3. The van der Waals surface area contributed by atoms with E-state index in [2.05, 4.69) is 181 Å². The van der Waals surface area contributed by atoms with Crippen molar-refractivity contribution < 1.29 is 4.42 Å². The van der Waals surface area contributed by atoms with Crippen molar-refractivity contribution in [1.82, 2.24) is 0 Å². The molecule has 0 aliphatic heterocycles. The lowest BCUT2D eigenvalue weighted by Crippen LogP contribution is -2.09. The van der Waals surface area contributed by atoms with Crippen LogP contribution >= 0.6 is 0 Å². The summed E-state index contributed by atoms with van der Waals surface area (Å²) in [5, 5.41) is 4.84. The Morgan fingerprint density at radius 1 is 0.304 bits per heavy atom. The van der Waals surface area contributed by atoms with E-state index in [9.17, 15) is 0 Å². The largest absolute Gasteiger partial charge is 0.456 e. The van der Waals surface area contributed by atoms with Crippen LogP contribution in [0.15, 0.2) is 180 Å². The van der Waals surface area contributed by atoms with Crippen LogP contribution < -0.4 is 4.90 Å². The zero-order valence-electron chi connectivity index (χ0n) is 25.1. The highest BCUT2D eigenvalue weighted by molar-refractivity contribution is 6.22. The summed E-state index contributed by atoms with van der Waals surface area (Å²) in [5.74, 6) is 0. The first-order valence-electron chi connectivity index (χ1n) is 15.7. The van der Waals surface area contributed by atoms with Gasteiger partial charge in [0.2, 0.25) is 0 Å². The summed E-state index contributed by atoms with van der Waals surface area (Å²) in [6.45, 7) is 0. The van der Waals surface area contributed by atoms with E-state index in [4.69, 9.17) is 4.42 Å². The van der Waals surface area contributed by atoms with Gasteiger partial charge in [0.25, 0.3) is 0 Å². The van der Waals surface area contributed by atoms with Crippen molar-refractivity contribution in [2.75, 3.05) is 4.90 Å². The SMILES string of the molecule is c1ccc(-c2ccc(N(c3ccc(-c4ccccc4)cc3)c3ccc(-c4cc5ccc6cccc7oc(c4)c5c67)cc3)cc2)cc1. The predicted molar refractivity (Wildman–Crippen MR) is 193 cm³/mol. The van der Waals surface area contributed by atoms with Gasteiger partial charge in [-0.15, -0.1) is 0 Å². The quantitative estimate of drug-likeness (QED) is 0.180. The molecule has 0 aliphatic carbocycles. The standard InChI is InChI=1S/C44H29NO/c1-3-8-30(9-4-1)32-16-22-38(23-17-32)45(39-24-18-33(19-25-39)31-10-5-2-6-11-31)40-26-20-34(21-27-40)37-28-36-15-14-35-12-7-13-41-43(35)44(36)42(29-37)46-41/h1-29H. The summed E-state index contributed by atoms with van der Waals surface area (Å²) < 4.78 is 6.33. The van der Waals surface area contributed by atoms with E-state index in [1.165, 1.54) is 43.8 Å². The fraction of sp³-hybridized carbons (Fsp3) is 0. The highest BCUT2D eigenvalue weighted by Gasteiger charge is 2.16. The molecule has 1 aromatic heterocycles. The molecule has 0 saturated carbocycles. The first-order chi connectivity index (χ1) is 22.8. The molecule has 0 unspecified atom stereocenters. The number of anilines is 3. The molecule has 2 nitrogen and oxygen atoms in total. The van der Waals surface area contributed by atoms with Gasteiger partial charge >= 0.3 is 0 Å². The number of furan rings is 1. The molecule has 0 bridgehead atoms. The molecule has 46 heavy (non-hydrogen) atoms. The number of hydrogen-bond acceptors (Lipinski definition) is 2. The van der Waals surface area contributed by atoms with Gasteiger partial charge < -0.3 is 9.32 Å². The second kappa shape index (κ2) is 10.8. The molecule has 216 valence electrons. The summed E-state index contributed by atoms with van der Waals surface area (Å²) in [5.41, 5.74) is 12.3. The molecule has 0 radical (unpaired) electrons. The number of rotatable bonds is 6. The minimum Gasteiger partial charge on any atom is -0.456 e. The van der Waals surface area contributed by atoms with E-state index in [1.54, 1.807) is 0 Å². The van der Waals surface area contributed by atoms with Crippen LogP contribution in [0.2, 0.25) is 0 Å². The Morgan fingerprint density at radius 2 is 0.761 bits per heavy atom. The maximum absolute atomic E-state index is 6.33. The van der Waals surface area contributed by atoms with Crippen LogP contribution in [0.3, 0.4) is 0 Å². The van der Waals surface area contributed by atoms with Crippen molar-refractivity contribution >= 4 is 49.8 Å². The van der Waals surface area contributed by atoms with Gasteiger partial charge in [-0.05, 0) is 98.8 Å². The molecule has 1 heterocycles. The zero-order valence-corrected chi connectivity index (χ0v) is 25.1. The Hall–Kier alpha value is -6.12. The lowest BCUT2D eigenvalue weighted by Gasteiger charge is -2.26. The van der Waals surface area contributed by atoms with Gasteiger partial charge in [0.05, 0.1) is 0 Å². The average molecular weight is 588 g/mol. The molecular weight excluding hydrogens is 558 g/mol. The average Bonchev–Trinajstić information content (AvgIpc) is 3.52. The van der Waals surface area contributed by atoms with Crippen LogP contribution in [0.1, 0.15) is 0 Å². The van der Waals surface area contributed by atoms with Crippen LogP contribution in [0.25, 0.3) is 66.1 Å². The monoisotopic (exact) mass is 587 g/mol. The Balaban J connectivity index is 1.11. The predicted octanol–water partition coefficient (Wildman–Crippen LogP) is 12.6. The summed E-state index contributed by atoms with van der Waals surface area (Å²) in [6.07, 6.45) is 0. The summed E-state index contributed by atoms with van der Waals surface area (Å²) in [4.78, 5) is 2.32. The maximum Gasteiger partial charge on any atom is 0.136 e. The number of nitrogens with zero attached hydrogens (tertiary/aromatic N) is 1. The van der Waals surface area contributed by atoms with Crippen molar-refractivity contribution in [3.8, 4) is 33.4 Å². The molecule has 0 amide bonds. The van der Waals surface area contributed by atoms with Crippen LogP contribution in [-0.4, -0.2) is 0 Å². The second-order valence-corrected chi connectivity index (χ2v) is 11.8. The fourth-order valence-electron chi connectivity index (χ4n) is 6.74. The molecule has 9 rings (SSSR count). The van der Waals surface area contributed by atoms with Gasteiger partial charge in [0.1, 0.15) is 11.2 Å². The Bertz CT molecular complexity index is 2340. The fourth-order valence-corrected chi connectivity index (χ4v) is 6.74.